The summed E-state index contributed by atoms with van der Waals surface area (Å²) in [5.74, 6) is -1.52. The molecule has 1 fully saturated rings. The van der Waals surface area contributed by atoms with Gasteiger partial charge < -0.3 is 14.9 Å². The third-order valence-electron chi connectivity index (χ3n) is 3.10. The number of hydrogen-bond donors (Lipinski definition) is 2. The number of amides is 1. The Kier molecular flexibility index (Phi) is 3.41. The number of hydrogen-bond acceptors (Lipinski definition) is 4. The lowest BCUT2D eigenvalue weighted by Gasteiger charge is -2.14. The molecule has 1 aromatic heterocycles. The smallest absolute Gasteiger partial charge is 0.307 e. The van der Waals surface area contributed by atoms with Crippen LogP contribution >= 0.6 is 0 Å². The molecule has 6 nitrogen and oxygen atoms in total. The molecule has 0 aliphatic heterocycles. The number of carbonyl (C=O) groups excluding carboxylic acids is 1. The average molecular weight is 238 g/mol. The Morgan fingerprint density at radius 3 is 2.88 bits per heavy atom. The second-order valence-corrected chi connectivity index (χ2v) is 4.18. The van der Waals surface area contributed by atoms with Crippen molar-refractivity contribution in [3.63, 3.8) is 0 Å². The van der Waals surface area contributed by atoms with E-state index in [9.17, 15) is 9.59 Å². The van der Waals surface area contributed by atoms with Crippen LogP contribution in [0.3, 0.4) is 0 Å². The summed E-state index contributed by atoms with van der Waals surface area (Å²) in [7, 11) is 0. The van der Waals surface area contributed by atoms with E-state index in [4.69, 9.17) is 9.63 Å². The fourth-order valence-corrected chi connectivity index (χ4v) is 2.21. The van der Waals surface area contributed by atoms with E-state index in [1.807, 2.05) is 0 Å². The van der Waals surface area contributed by atoms with Gasteiger partial charge in [0.15, 0.2) is 5.76 Å². The fraction of sp³-hybridized carbons (Fsp3) is 0.545. The summed E-state index contributed by atoms with van der Waals surface area (Å²) in [6, 6.07) is 1.66. The molecule has 0 spiro atoms. The molecule has 2 unspecified atom stereocenters. The van der Waals surface area contributed by atoms with Crippen LogP contribution in [0.2, 0.25) is 0 Å². The van der Waals surface area contributed by atoms with Crippen LogP contribution in [0.1, 0.15) is 25.0 Å². The van der Waals surface area contributed by atoms with E-state index in [1.165, 1.54) is 6.20 Å². The van der Waals surface area contributed by atoms with Gasteiger partial charge in [-0.2, -0.15) is 0 Å². The van der Waals surface area contributed by atoms with Crippen LogP contribution in [0.4, 0.5) is 0 Å². The minimum absolute atomic E-state index is 0.216. The quantitative estimate of drug-likeness (QED) is 0.809. The summed E-state index contributed by atoms with van der Waals surface area (Å²) in [6.45, 7) is 0.252. The predicted molar refractivity (Wildman–Crippen MR) is 56.8 cm³/mol. The number of carbonyl (C=O) groups is 2. The Labute approximate surface area is 98.0 Å². The number of rotatable bonds is 4. The zero-order valence-electron chi connectivity index (χ0n) is 9.26. The standard InChI is InChI=1S/C11H14N2O4/c14-10(12-6-7-4-5-13-17-7)8-2-1-3-9(8)11(15)16/h4-5,8-9H,1-3,6H2,(H,12,14)(H,15,16). The van der Waals surface area contributed by atoms with E-state index in [1.54, 1.807) is 6.07 Å². The molecule has 1 aromatic rings. The first-order valence-electron chi connectivity index (χ1n) is 5.58. The summed E-state index contributed by atoms with van der Waals surface area (Å²) in [5.41, 5.74) is 0. The highest BCUT2D eigenvalue weighted by Crippen LogP contribution is 2.32. The lowest BCUT2D eigenvalue weighted by molar-refractivity contribution is -0.146. The van der Waals surface area contributed by atoms with E-state index in [0.29, 0.717) is 18.6 Å². The van der Waals surface area contributed by atoms with Crippen molar-refractivity contribution in [3.05, 3.63) is 18.0 Å². The molecule has 1 aliphatic rings. The first-order chi connectivity index (χ1) is 8.18. The summed E-state index contributed by atoms with van der Waals surface area (Å²) in [6.07, 6.45) is 3.50. The van der Waals surface area contributed by atoms with Gasteiger partial charge in [-0.15, -0.1) is 0 Å². The first-order valence-corrected chi connectivity index (χ1v) is 5.58. The lowest BCUT2D eigenvalue weighted by Crippen LogP contribution is -2.34. The summed E-state index contributed by atoms with van der Waals surface area (Å²) >= 11 is 0. The Balaban J connectivity index is 1.89. The monoisotopic (exact) mass is 238 g/mol. The number of nitrogens with one attached hydrogen (secondary N) is 1. The molecule has 1 saturated carbocycles. The molecule has 2 atom stereocenters. The van der Waals surface area contributed by atoms with Crippen molar-refractivity contribution in [2.24, 2.45) is 11.8 Å². The number of carboxylic acid groups (broad SMARTS) is 1. The molecule has 2 N–H and O–H groups in total. The molecular weight excluding hydrogens is 224 g/mol. The molecule has 92 valence electrons. The van der Waals surface area contributed by atoms with E-state index < -0.39 is 17.8 Å². The second-order valence-electron chi connectivity index (χ2n) is 4.18. The van der Waals surface area contributed by atoms with Gasteiger partial charge in [0, 0.05) is 6.07 Å². The van der Waals surface area contributed by atoms with Crippen molar-refractivity contribution < 1.29 is 19.2 Å². The van der Waals surface area contributed by atoms with Gasteiger partial charge in [-0.1, -0.05) is 11.6 Å². The maximum atomic E-state index is 11.8. The highest BCUT2D eigenvalue weighted by molar-refractivity contribution is 5.85. The molecule has 0 saturated heterocycles. The SMILES string of the molecule is O=C(O)C1CCCC1C(=O)NCc1ccno1. The molecule has 2 rings (SSSR count). The van der Waals surface area contributed by atoms with Crippen molar-refractivity contribution in [3.8, 4) is 0 Å². The van der Waals surface area contributed by atoms with Crippen LogP contribution in [0, 0.1) is 11.8 Å². The Hall–Kier alpha value is -1.85. The van der Waals surface area contributed by atoms with Gasteiger partial charge in [-0.3, -0.25) is 9.59 Å². The lowest BCUT2D eigenvalue weighted by atomic mass is 9.95. The molecule has 0 aromatic carbocycles. The van der Waals surface area contributed by atoms with Crippen molar-refractivity contribution in [2.45, 2.75) is 25.8 Å². The molecule has 0 bridgehead atoms. The summed E-state index contributed by atoms with van der Waals surface area (Å²) in [4.78, 5) is 22.8. The molecule has 6 heteroatoms. The minimum Gasteiger partial charge on any atom is -0.481 e. The maximum absolute atomic E-state index is 11.8. The van der Waals surface area contributed by atoms with Gasteiger partial charge in [0.05, 0.1) is 24.6 Å². The van der Waals surface area contributed by atoms with Crippen molar-refractivity contribution in [1.82, 2.24) is 10.5 Å². The number of aromatic nitrogens is 1. The zero-order chi connectivity index (χ0) is 12.3. The third-order valence-corrected chi connectivity index (χ3v) is 3.10. The fourth-order valence-electron chi connectivity index (χ4n) is 2.21. The van der Waals surface area contributed by atoms with Gasteiger partial charge in [0.1, 0.15) is 0 Å². The van der Waals surface area contributed by atoms with Crippen molar-refractivity contribution in [1.29, 1.82) is 0 Å². The average Bonchev–Trinajstić information content (AvgIpc) is 2.96. The zero-order valence-corrected chi connectivity index (χ0v) is 9.26. The second kappa shape index (κ2) is 4.99. The van der Waals surface area contributed by atoms with Gasteiger partial charge >= 0.3 is 5.97 Å². The predicted octanol–water partition coefficient (Wildman–Crippen LogP) is 0.792. The van der Waals surface area contributed by atoms with Gasteiger partial charge in [-0.25, -0.2) is 0 Å². The summed E-state index contributed by atoms with van der Waals surface area (Å²) in [5, 5.41) is 15.2. The Morgan fingerprint density at radius 1 is 1.47 bits per heavy atom. The molecule has 1 amide bonds. The van der Waals surface area contributed by atoms with Crippen molar-refractivity contribution in [2.75, 3.05) is 0 Å². The highest BCUT2D eigenvalue weighted by Gasteiger charge is 2.37. The molecular formula is C11H14N2O4. The van der Waals surface area contributed by atoms with Crippen molar-refractivity contribution >= 4 is 11.9 Å². The molecule has 1 aliphatic carbocycles. The highest BCUT2D eigenvalue weighted by atomic mass is 16.5. The molecule has 1 heterocycles. The largest absolute Gasteiger partial charge is 0.481 e. The van der Waals surface area contributed by atoms with Gasteiger partial charge in [-0.05, 0) is 12.8 Å². The number of nitrogens with zero attached hydrogens (tertiary/aromatic N) is 1. The van der Waals surface area contributed by atoms with Crippen LogP contribution in [-0.2, 0) is 16.1 Å². The van der Waals surface area contributed by atoms with E-state index in [0.717, 1.165) is 6.42 Å². The minimum atomic E-state index is -0.887. The van der Waals surface area contributed by atoms with E-state index >= 15 is 0 Å². The summed E-state index contributed by atoms with van der Waals surface area (Å²) < 4.78 is 4.84. The van der Waals surface area contributed by atoms with Crippen LogP contribution in [0.25, 0.3) is 0 Å². The van der Waals surface area contributed by atoms with Gasteiger partial charge in [0.25, 0.3) is 0 Å². The van der Waals surface area contributed by atoms with E-state index in [-0.39, 0.29) is 12.5 Å². The normalized spacial score (nSPS) is 23.5. The molecule has 17 heavy (non-hydrogen) atoms. The number of carboxylic acids is 1. The Bertz CT molecular complexity index is 402. The van der Waals surface area contributed by atoms with Gasteiger partial charge in [0.2, 0.25) is 5.91 Å². The van der Waals surface area contributed by atoms with E-state index in [2.05, 4.69) is 10.5 Å². The van der Waals surface area contributed by atoms with Crippen LogP contribution in [0.15, 0.2) is 16.8 Å². The van der Waals surface area contributed by atoms with Crippen LogP contribution in [0.5, 0.6) is 0 Å². The number of aliphatic carboxylic acids is 1. The maximum Gasteiger partial charge on any atom is 0.307 e. The first kappa shape index (κ1) is 11.6. The third kappa shape index (κ3) is 2.64. The van der Waals surface area contributed by atoms with Crippen LogP contribution in [-0.4, -0.2) is 22.1 Å². The molecule has 0 radical (unpaired) electrons. The Morgan fingerprint density at radius 2 is 2.24 bits per heavy atom. The topological polar surface area (TPSA) is 92.4 Å². The van der Waals surface area contributed by atoms with Crippen LogP contribution < -0.4 is 5.32 Å².